The molecular weight excluding hydrogens is 180 g/mol. The van der Waals surface area contributed by atoms with Crippen LogP contribution in [-0.4, -0.2) is 15.0 Å². The van der Waals surface area contributed by atoms with Gasteiger partial charge in [-0.3, -0.25) is 0 Å². The number of halogens is 3. The maximum Gasteiger partial charge on any atom is 0.419 e. The van der Waals surface area contributed by atoms with E-state index in [9.17, 15) is 13.2 Å². The van der Waals surface area contributed by atoms with Gasteiger partial charge in [-0.25, -0.2) is 0 Å². The molecule has 0 N–H and O–H groups in total. The van der Waals surface area contributed by atoms with Crippen molar-refractivity contribution in [2.24, 2.45) is 0 Å². The third kappa shape index (κ3) is 2.17. The average molecular weight is 186 g/mol. The minimum atomic E-state index is -4.40. The third-order valence-electron chi connectivity index (χ3n) is 1.53. The predicted molar refractivity (Wildman–Crippen MR) is 43.4 cm³/mol. The van der Waals surface area contributed by atoms with E-state index in [1.807, 2.05) is 0 Å². The Labute approximate surface area is 74.9 Å². The normalized spacial score (nSPS) is 11.4. The van der Waals surface area contributed by atoms with E-state index in [1.54, 1.807) is 0 Å². The van der Waals surface area contributed by atoms with Crippen molar-refractivity contribution in [3.63, 3.8) is 0 Å². The third-order valence-corrected chi connectivity index (χ3v) is 1.53. The van der Waals surface area contributed by atoms with Crippen LogP contribution in [0.2, 0.25) is 0 Å². The number of hydrogen-bond acceptors (Lipinski definition) is 1. The van der Waals surface area contributed by atoms with Gasteiger partial charge >= 0.3 is 6.18 Å². The van der Waals surface area contributed by atoms with E-state index in [2.05, 4.69) is 4.74 Å². The Balaban J connectivity index is 3.22. The first-order chi connectivity index (χ1) is 5.95. The largest absolute Gasteiger partial charge is 0.496 e. The van der Waals surface area contributed by atoms with Crippen molar-refractivity contribution in [2.45, 2.75) is 6.18 Å². The summed E-state index contributed by atoms with van der Waals surface area (Å²) in [6.07, 6.45) is -4.40. The van der Waals surface area contributed by atoms with Crippen molar-refractivity contribution < 1.29 is 17.9 Å². The van der Waals surface area contributed by atoms with E-state index in [0.717, 1.165) is 12.1 Å². The molecule has 1 aromatic rings. The Morgan fingerprint density at radius 2 is 1.92 bits per heavy atom. The topological polar surface area (TPSA) is 9.23 Å². The van der Waals surface area contributed by atoms with Crippen LogP contribution in [0.15, 0.2) is 18.2 Å². The lowest BCUT2D eigenvalue weighted by Gasteiger charge is -2.11. The van der Waals surface area contributed by atoms with E-state index in [4.69, 9.17) is 7.85 Å². The molecule has 0 bridgehead atoms. The first-order valence-electron chi connectivity index (χ1n) is 3.46. The lowest BCUT2D eigenvalue weighted by atomic mass is 9.94. The molecule has 0 aromatic heterocycles. The highest BCUT2D eigenvalue weighted by Crippen LogP contribution is 2.35. The van der Waals surface area contributed by atoms with Gasteiger partial charge in [-0.15, -0.1) is 0 Å². The Morgan fingerprint density at radius 1 is 1.31 bits per heavy atom. The molecule has 0 aliphatic heterocycles. The monoisotopic (exact) mass is 186 g/mol. The Kier molecular flexibility index (Phi) is 2.54. The summed E-state index contributed by atoms with van der Waals surface area (Å²) in [5, 5.41) is 0. The van der Waals surface area contributed by atoms with Gasteiger partial charge in [0, 0.05) is 0 Å². The Bertz CT molecular complexity index is 309. The zero-order valence-electron chi connectivity index (χ0n) is 6.85. The van der Waals surface area contributed by atoms with Gasteiger partial charge in [0.25, 0.3) is 0 Å². The van der Waals surface area contributed by atoms with Gasteiger partial charge in [-0.2, -0.15) is 13.2 Å². The molecule has 1 rings (SSSR count). The van der Waals surface area contributed by atoms with Crippen molar-refractivity contribution in [3.05, 3.63) is 23.8 Å². The summed E-state index contributed by atoms with van der Waals surface area (Å²) >= 11 is 0. The fourth-order valence-electron chi connectivity index (χ4n) is 0.942. The smallest absolute Gasteiger partial charge is 0.419 e. The van der Waals surface area contributed by atoms with Gasteiger partial charge in [0.1, 0.15) is 13.6 Å². The summed E-state index contributed by atoms with van der Waals surface area (Å²) in [4.78, 5) is 0. The predicted octanol–water partition coefficient (Wildman–Crippen LogP) is 1.51. The van der Waals surface area contributed by atoms with E-state index in [1.165, 1.54) is 13.2 Å². The summed E-state index contributed by atoms with van der Waals surface area (Å²) in [6.45, 7) is 0. The van der Waals surface area contributed by atoms with Gasteiger partial charge in [-0.05, 0) is 12.1 Å². The molecule has 0 unspecified atom stereocenters. The summed E-state index contributed by atoms with van der Waals surface area (Å²) in [5.74, 6) is -0.257. The number of rotatable bonds is 1. The van der Waals surface area contributed by atoms with Crippen molar-refractivity contribution in [1.29, 1.82) is 0 Å². The molecule has 0 aliphatic carbocycles. The zero-order chi connectivity index (χ0) is 10.1. The first kappa shape index (κ1) is 9.96. The Hall–Kier alpha value is -1.13. The van der Waals surface area contributed by atoms with Crippen molar-refractivity contribution in [2.75, 3.05) is 7.11 Å². The molecule has 1 nitrogen and oxygen atoms in total. The maximum atomic E-state index is 12.2. The van der Waals surface area contributed by atoms with E-state index in [0.29, 0.717) is 0 Å². The molecule has 0 fully saturated rings. The highest BCUT2D eigenvalue weighted by atomic mass is 19.4. The molecule has 0 saturated heterocycles. The van der Waals surface area contributed by atoms with E-state index in [-0.39, 0.29) is 11.2 Å². The second kappa shape index (κ2) is 3.32. The molecule has 2 radical (unpaired) electrons. The van der Waals surface area contributed by atoms with Gasteiger partial charge in [0.15, 0.2) is 0 Å². The first-order valence-corrected chi connectivity index (χ1v) is 3.46. The number of alkyl halides is 3. The summed E-state index contributed by atoms with van der Waals surface area (Å²) in [5.41, 5.74) is -0.575. The fourth-order valence-corrected chi connectivity index (χ4v) is 0.942. The van der Waals surface area contributed by atoms with Crippen LogP contribution in [0, 0.1) is 0 Å². The van der Waals surface area contributed by atoms with Crippen LogP contribution in [0.3, 0.4) is 0 Å². The quantitative estimate of drug-likeness (QED) is 0.604. The van der Waals surface area contributed by atoms with Crippen LogP contribution in [0.5, 0.6) is 5.75 Å². The van der Waals surface area contributed by atoms with Gasteiger partial charge in [-0.1, -0.05) is 11.5 Å². The van der Waals surface area contributed by atoms with Crippen LogP contribution in [0.4, 0.5) is 13.2 Å². The molecule has 13 heavy (non-hydrogen) atoms. The summed E-state index contributed by atoms with van der Waals surface area (Å²) in [7, 11) is 6.47. The summed E-state index contributed by atoms with van der Waals surface area (Å²) in [6, 6.07) is 3.22. The standard InChI is InChI=1S/C8H6BF3O/c1-13-7-4-5(9)2-3-6(7)8(10,11)12/h2-4H,1H3. The zero-order valence-corrected chi connectivity index (χ0v) is 6.85. The minimum Gasteiger partial charge on any atom is -0.496 e. The van der Waals surface area contributed by atoms with E-state index < -0.39 is 11.7 Å². The van der Waals surface area contributed by atoms with Crippen LogP contribution in [0.1, 0.15) is 5.56 Å². The summed E-state index contributed by atoms with van der Waals surface area (Å²) < 4.78 is 41.3. The molecule has 0 amide bonds. The molecule has 0 heterocycles. The van der Waals surface area contributed by atoms with Gasteiger partial charge < -0.3 is 4.74 Å². The highest BCUT2D eigenvalue weighted by Gasteiger charge is 2.33. The molecule has 5 heteroatoms. The fraction of sp³-hybridized carbons (Fsp3) is 0.250. The lowest BCUT2D eigenvalue weighted by Crippen LogP contribution is -2.11. The second-order valence-electron chi connectivity index (χ2n) is 2.46. The van der Waals surface area contributed by atoms with Gasteiger partial charge in [0.2, 0.25) is 0 Å². The van der Waals surface area contributed by atoms with Gasteiger partial charge in [0.05, 0.1) is 12.7 Å². The molecule has 0 aliphatic rings. The molecular formula is C8H6BF3O. The Morgan fingerprint density at radius 3 is 2.38 bits per heavy atom. The minimum absolute atomic E-state index is 0.241. The molecule has 0 saturated carbocycles. The van der Waals surface area contributed by atoms with Crippen LogP contribution >= 0.6 is 0 Å². The SMILES string of the molecule is [B]c1ccc(C(F)(F)F)c(OC)c1. The molecule has 68 valence electrons. The lowest BCUT2D eigenvalue weighted by molar-refractivity contribution is -0.138. The van der Waals surface area contributed by atoms with Crippen LogP contribution < -0.4 is 10.2 Å². The van der Waals surface area contributed by atoms with E-state index >= 15 is 0 Å². The highest BCUT2D eigenvalue weighted by molar-refractivity contribution is 6.32. The van der Waals surface area contributed by atoms with Crippen LogP contribution in [0.25, 0.3) is 0 Å². The molecule has 1 aromatic carbocycles. The molecule has 0 atom stereocenters. The molecule has 0 spiro atoms. The number of methoxy groups -OCH3 is 1. The maximum absolute atomic E-state index is 12.2. The van der Waals surface area contributed by atoms with Crippen LogP contribution in [-0.2, 0) is 6.18 Å². The number of hydrogen-bond donors (Lipinski definition) is 0. The van der Waals surface area contributed by atoms with Crippen molar-refractivity contribution in [1.82, 2.24) is 0 Å². The number of benzene rings is 1. The van der Waals surface area contributed by atoms with Crippen molar-refractivity contribution in [3.8, 4) is 5.75 Å². The second-order valence-corrected chi connectivity index (χ2v) is 2.46. The van der Waals surface area contributed by atoms with Crippen molar-refractivity contribution >= 4 is 13.3 Å². The number of ether oxygens (including phenoxy) is 1. The average Bonchev–Trinajstić information content (AvgIpc) is 2.01.